The fourth-order valence-corrected chi connectivity index (χ4v) is 2.65. The second-order valence-electron chi connectivity index (χ2n) is 5.47. The van der Waals surface area contributed by atoms with Gasteiger partial charge in [-0.1, -0.05) is 0 Å². The summed E-state index contributed by atoms with van der Waals surface area (Å²) < 4.78 is 5.68. The van der Waals surface area contributed by atoms with Gasteiger partial charge in [0.1, 0.15) is 0 Å². The quantitative estimate of drug-likeness (QED) is 0.649. The fraction of sp³-hybridized carbons (Fsp3) is 0.923. The molecule has 5 nitrogen and oxygen atoms in total. The number of carbonyl (C=O) groups is 1. The number of aliphatic hydroxyl groups is 1. The molecular formula is C13H24N2O3. The molecule has 0 saturated carbocycles. The summed E-state index contributed by atoms with van der Waals surface area (Å²) in [6.45, 7) is 4.06. The zero-order valence-electron chi connectivity index (χ0n) is 11.0. The molecule has 0 aromatic rings. The topological polar surface area (TPSA) is 70.6 Å². The van der Waals surface area contributed by atoms with Crippen LogP contribution in [0.15, 0.2) is 0 Å². The minimum atomic E-state index is -0.329. The summed E-state index contributed by atoms with van der Waals surface area (Å²) in [6, 6.07) is 0. The molecule has 0 bridgehead atoms. The third-order valence-corrected chi connectivity index (χ3v) is 3.88. The van der Waals surface area contributed by atoms with Crippen LogP contribution in [0.5, 0.6) is 0 Å². The minimum Gasteiger partial charge on any atom is -0.391 e. The lowest BCUT2D eigenvalue weighted by Crippen LogP contribution is -2.34. The monoisotopic (exact) mass is 256 g/mol. The Labute approximate surface area is 108 Å². The molecule has 2 saturated heterocycles. The van der Waals surface area contributed by atoms with Gasteiger partial charge in [-0.15, -0.1) is 0 Å². The van der Waals surface area contributed by atoms with Gasteiger partial charge in [0.25, 0.3) is 0 Å². The molecule has 4 unspecified atom stereocenters. The highest BCUT2D eigenvalue weighted by Crippen LogP contribution is 2.22. The van der Waals surface area contributed by atoms with Gasteiger partial charge < -0.3 is 20.5 Å². The van der Waals surface area contributed by atoms with Crippen molar-refractivity contribution in [1.29, 1.82) is 0 Å². The first-order chi connectivity index (χ1) is 8.65. The van der Waals surface area contributed by atoms with Gasteiger partial charge in [0, 0.05) is 32.0 Å². The van der Waals surface area contributed by atoms with Gasteiger partial charge >= 0.3 is 0 Å². The predicted octanol–water partition coefficient (Wildman–Crippen LogP) is 0.0306. The van der Waals surface area contributed by atoms with Gasteiger partial charge in [-0.25, -0.2) is 0 Å². The number of β-amino-alcohol motifs (C(OH)–C–C–N with tert-alkyl or cyclic N) is 1. The lowest BCUT2D eigenvalue weighted by atomic mass is 10.1. The molecule has 5 heteroatoms. The summed E-state index contributed by atoms with van der Waals surface area (Å²) >= 11 is 0. The van der Waals surface area contributed by atoms with Gasteiger partial charge in [0.05, 0.1) is 18.3 Å². The van der Waals surface area contributed by atoms with Gasteiger partial charge in [0.15, 0.2) is 0 Å². The molecule has 3 N–H and O–H groups in total. The van der Waals surface area contributed by atoms with Crippen molar-refractivity contribution in [3.05, 3.63) is 0 Å². The van der Waals surface area contributed by atoms with Gasteiger partial charge in [-0.3, -0.25) is 4.79 Å². The molecule has 2 aliphatic rings. The summed E-state index contributed by atoms with van der Waals surface area (Å²) in [5.41, 5.74) is 0. The first-order valence-electron chi connectivity index (χ1n) is 6.96. The minimum absolute atomic E-state index is 0.0669. The Balaban J connectivity index is 1.57. The normalized spacial score (nSPS) is 35.9. The molecule has 18 heavy (non-hydrogen) atoms. The van der Waals surface area contributed by atoms with E-state index in [4.69, 9.17) is 4.74 Å². The van der Waals surface area contributed by atoms with Crippen molar-refractivity contribution in [2.75, 3.05) is 19.6 Å². The van der Waals surface area contributed by atoms with Crippen LogP contribution in [0.25, 0.3) is 0 Å². The predicted molar refractivity (Wildman–Crippen MR) is 68.2 cm³/mol. The second kappa shape index (κ2) is 6.50. The summed E-state index contributed by atoms with van der Waals surface area (Å²) in [6.07, 6.45) is 3.77. The maximum atomic E-state index is 11.7. The number of carbonyl (C=O) groups excluding carboxylic acids is 1. The first kappa shape index (κ1) is 13.8. The Hall–Kier alpha value is -0.650. The molecule has 0 spiro atoms. The van der Waals surface area contributed by atoms with Gasteiger partial charge in [-0.2, -0.15) is 0 Å². The van der Waals surface area contributed by atoms with Crippen LogP contribution in [0, 0.1) is 5.92 Å². The van der Waals surface area contributed by atoms with E-state index in [1.807, 2.05) is 0 Å². The lowest BCUT2D eigenvalue weighted by Gasteiger charge is -2.15. The summed E-state index contributed by atoms with van der Waals surface area (Å²) in [5.74, 6) is 0.217. The molecule has 0 aromatic heterocycles. The third-order valence-electron chi connectivity index (χ3n) is 3.88. The number of ether oxygens (including phenoxy) is 1. The van der Waals surface area contributed by atoms with Crippen molar-refractivity contribution >= 4 is 5.91 Å². The lowest BCUT2D eigenvalue weighted by molar-refractivity contribution is -0.122. The summed E-state index contributed by atoms with van der Waals surface area (Å²) in [4.78, 5) is 11.7. The highest BCUT2D eigenvalue weighted by Gasteiger charge is 2.25. The molecule has 0 aliphatic carbocycles. The van der Waals surface area contributed by atoms with Crippen LogP contribution in [-0.4, -0.2) is 49.0 Å². The van der Waals surface area contributed by atoms with Crippen LogP contribution in [0.3, 0.4) is 0 Å². The standard InChI is InChI=1S/C13H24N2O3/c1-9-2-3-11(18-9)4-5-13(17)15-7-10-6-14-8-12(10)16/h9-12,14,16H,2-8H2,1H3,(H,15,17). The largest absolute Gasteiger partial charge is 0.391 e. The Morgan fingerprint density at radius 2 is 2.28 bits per heavy atom. The molecular weight excluding hydrogens is 232 g/mol. The van der Waals surface area contributed by atoms with E-state index in [9.17, 15) is 9.90 Å². The van der Waals surface area contributed by atoms with Crippen LogP contribution in [0.2, 0.25) is 0 Å². The zero-order chi connectivity index (χ0) is 13.0. The van der Waals surface area contributed by atoms with Crippen LogP contribution >= 0.6 is 0 Å². The molecule has 2 fully saturated rings. The van der Waals surface area contributed by atoms with Crippen LogP contribution in [0.4, 0.5) is 0 Å². The van der Waals surface area contributed by atoms with Crippen LogP contribution < -0.4 is 10.6 Å². The maximum Gasteiger partial charge on any atom is 0.220 e. The van der Waals surface area contributed by atoms with Crippen molar-refractivity contribution in [3.8, 4) is 0 Å². The molecule has 104 valence electrons. The van der Waals surface area contributed by atoms with E-state index in [1.165, 1.54) is 0 Å². The SMILES string of the molecule is CC1CCC(CCC(=O)NCC2CNCC2O)O1. The van der Waals surface area contributed by atoms with Crippen molar-refractivity contribution in [2.45, 2.75) is 50.9 Å². The number of hydrogen-bond acceptors (Lipinski definition) is 4. The molecule has 4 atom stereocenters. The molecule has 2 heterocycles. The Morgan fingerprint density at radius 1 is 1.44 bits per heavy atom. The van der Waals surface area contributed by atoms with E-state index in [-0.39, 0.29) is 24.0 Å². The van der Waals surface area contributed by atoms with Crippen molar-refractivity contribution in [1.82, 2.24) is 10.6 Å². The number of rotatable bonds is 5. The van der Waals surface area contributed by atoms with E-state index in [0.29, 0.717) is 25.6 Å². The average molecular weight is 256 g/mol. The molecule has 0 aromatic carbocycles. The van der Waals surface area contributed by atoms with Gasteiger partial charge in [-0.05, 0) is 26.2 Å². The molecule has 2 aliphatic heterocycles. The smallest absolute Gasteiger partial charge is 0.220 e. The van der Waals surface area contributed by atoms with E-state index in [1.54, 1.807) is 0 Å². The fourth-order valence-electron chi connectivity index (χ4n) is 2.65. The Kier molecular flexibility index (Phi) is 4.97. The maximum absolute atomic E-state index is 11.7. The van der Waals surface area contributed by atoms with Gasteiger partial charge in [0.2, 0.25) is 5.91 Å². The highest BCUT2D eigenvalue weighted by molar-refractivity contribution is 5.75. The zero-order valence-corrected chi connectivity index (χ0v) is 11.0. The van der Waals surface area contributed by atoms with Crippen molar-refractivity contribution in [2.24, 2.45) is 5.92 Å². The third kappa shape index (κ3) is 3.93. The van der Waals surface area contributed by atoms with E-state index in [2.05, 4.69) is 17.6 Å². The highest BCUT2D eigenvalue weighted by atomic mass is 16.5. The van der Waals surface area contributed by atoms with Crippen LogP contribution in [-0.2, 0) is 9.53 Å². The Morgan fingerprint density at radius 3 is 2.89 bits per heavy atom. The number of hydrogen-bond donors (Lipinski definition) is 3. The number of nitrogens with one attached hydrogen (secondary N) is 2. The summed E-state index contributed by atoms with van der Waals surface area (Å²) in [7, 11) is 0. The van der Waals surface area contributed by atoms with Crippen molar-refractivity contribution in [3.63, 3.8) is 0 Å². The number of amides is 1. The number of aliphatic hydroxyl groups excluding tert-OH is 1. The van der Waals surface area contributed by atoms with Crippen LogP contribution in [0.1, 0.15) is 32.6 Å². The first-order valence-corrected chi connectivity index (χ1v) is 6.96. The average Bonchev–Trinajstić information content (AvgIpc) is 2.93. The van der Waals surface area contributed by atoms with Crippen molar-refractivity contribution < 1.29 is 14.6 Å². The van der Waals surface area contributed by atoms with E-state index in [0.717, 1.165) is 25.8 Å². The summed E-state index contributed by atoms with van der Waals surface area (Å²) in [5, 5.41) is 15.6. The molecule has 1 amide bonds. The molecule has 0 radical (unpaired) electrons. The van der Waals surface area contributed by atoms with E-state index >= 15 is 0 Å². The second-order valence-corrected chi connectivity index (χ2v) is 5.47. The van der Waals surface area contributed by atoms with E-state index < -0.39 is 0 Å². The Bertz CT molecular complexity index is 285. The molecule has 2 rings (SSSR count).